The average molecular weight is 360 g/mol. The fourth-order valence-electron chi connectivity index (χ4n) is 3.18. The summed E-state index contributed by atoms with van der Waals surface area (Å²) in [5.41, 5.74) is 0.997. The number of nitrogens with zero attached hydrogens (tertiary/aromatic N) is 3. The molecule has 1 fully saturated rings. The minimum Gasteiger partial charge on any atom is -0.493 e. The van der Waals surface area contributed by atoms with Gasteiger partial charge in [-0.1, -0.05) is 0 Å². The van der Waals surface area contributed by atoms with Crippen LogP contribution in [0.15, 0.2) is 30.3 Å². The molecule has 0 spiro atoms. The lowest BCUT2D eigenvalue weighted by atomic mass is 9.99. The predicted octanol–water partition coefficient (Wildman–Crippen LogP) is 2.60. The van der Waals surface area contributed by atoms with Gasteiger partial charge in [-0.2, -0.15) is 5.10 Å². The van der Waals surface area contributed by atoms with Crippen molar-refractivity contribution in [2.24, 2.45) is 13.0 Å². The number of carbonyl (C=O) groups excluding carboxylic acids is 1. The lowest BCUT2D eigenvalue weighted by Crippen LogP contribution is -2.42. The predicted molar refractivity (Wildman–Crippen MR) is 97.6 cm³/mol. The molecule has 1 aromatic carbocycles. The first-order valence-electron chi connectivity index (χ1n) is 8.91. The van der Waals surface area contributed by atoms with Gasteiger partial charge in [0.15, 0.2) is 5.82 Å². The van der Waals surface area contributed by atoms with Crippen LogP contribution in [0, 0.1) is 18.7 Å². The molecule has 1 saturated heterocycles. The molecule has 2 heterocycles. The topological polar surface area (TPSA) is 59.4 Å². The molecule has 140 valence electrons. The molecule has 0 aliphatic carbocycles. The highest BCUT2D eigenvalue weighted by Gasteiger charge is 2.22. The summed E-state index contributed by atoms with van der Waals surface area (Å²) in [4.78, 5) is 14.4. The van der Waals surface area contributed by atoms with E-state index in [0.29, 0.717) is 30.6 Å². The number of ether oxygens (including phenoxy) is 1. The van der Waals surface area contributed by atoms with E-state index in [2.05, 4.69) is 15.3 Å². The number of benzene rings is 1. The van der Waals surface area contributed by atoms with E-state index in [9.17, 15) is 9.18 Å². The van der Waals surface area contributed by atoms with Crippen molar-refractivity contribution in [3.63, 3.8) is 0 Å². The first-order valence-corrected chi connectivity index (χ1v) is 8.91. The summed E-state index contributed by atoms with van der Waals surface area (Å²) in [6.45, 7) is 4.59. The van der Waals surface area contributed by atoms with E-state index in [4.69, 9.17) is 4.74 Å². The number of anilines is 1. The molecule has 1 N–H and O–H groups in total. The van der Waals surface area contributed by atoms with E-state index < -0.39 is 0 Å². The molecule has 1 atom stereocenters. The van der Waals surface area contributed by atoms with E-state index in [1.807, 2.05) is 20.0 Å². The summed E-state index contributed by atoms with van der Waals surface area (Å²) in [7, 11) is 1.85. The molecule has 3 rings (SSSR count). The zero-order valence-corrected chi connectivity index (χ0v) is 15.2. The fourth-order valence-corrected chi connectivity index (χ4v) is 3.18. The Morgan fingerprint density at radius 2 is 2.15 bits per heavy atom. The van der Waals surface area contributed by atoms with Crippen molar-refractivity contribution in [3.8, 4) is 5.75 Å². The van der Waals surface area contributed by atoms with Crippen molar-refractivity contribution in [1.82, 2.24) is 14.7 Å². The van der Waals surface area contributed by atoms with Crippen LogP contribution in [0.3, 0.4) is 0 Å². The van der Waals surface area contributed by atoms with Gasteiger partial charge in [0.25, 0.3) is 0 Å². The van der Waals surface area contributed by atoms with Gasteiger partial charge in [-0.15, -0.1) is 0 Å². The average Bonchev–Trinajstić information content (AvgIpc) is 2.92. The van der Waals surface area contributed by atoms with Crippen molar-refractivity contribution in [2.45, 2.75) is 19.8 Å². The first kappa shape index (κ1) is 18.4. The van der Waals surface area contributed by atoms with Gasteiger partial charge in [-0.3, -0.25) is 14.4 Å². The fraction of sp³-hybridized carbons (Fsp3) is 0.474. The zero-order chi connectivity index (χ0) is 18.5. The normalized spacial score (nSPS) is 17.9. The maximum Gasteiger partial charge on any atom is 0.239 e. The molecule has 0 bridgehead atoms. The monoisotopic (exact) mass is 360 g/mol. The maximum atomic E-state index is 12.9. The third kappa shape index (κ3) is 5.05. The van der Waals surface area contributed by atoms with Gasteiger partial charge in [-0.05, 0) is 50.6 Å². The Morgan fingerprint density at radius 1 is 1.38 bits per heavy atom. The van der Waals surface area contributed by atoms with Crippen LogP contribution in [0.1, 0.15) is 18.5 Å². The van der Waals surface area contributed by atoms with Gasteiger partial charge in [0, 0.05) is 31.3 Å². The molecule has 0 saturated carbocycles. The number of likely N-dealkylation sites (tertiary alicyclic amines) is 1. The summed E-state index contributed by atoms with van der Waals surface area (Å²) in [5, 5.41) is 7.10. The minimum absolute atomic E-state index is 0.0526. The molecule has 2 aromatic rings. The highest BCUT2D eigenvalue weighted by Crippen LogP contribution is 2.19. The van der Waals surface area contributed by atoms with Crippen LogP contribution in [0.25, 0.3) is 0 Å². The highest BCUT2D eigenvalue weighted by molar-refractivity contribution is 5.91. The number of amides is 1. The Labute approximate surface area is 152 Å². The zero-order valence-electron chi connectivity index (χ0n) is 15.2. The van der Waals surface area contributed by atoms with Gasteiger partial charge in [0.05, 0.1) is 13.2 Å². The Balaban J connectivity index is 1.45. The van der Waals surface area contributed by atoms with Crippen LogP contribution in [-0.4, -0.2) is 46.8 Å². The summed E-state index contributed by atoms with van der Waals surface area (Å²) in [6, 6.07) is 7.92. The second-order valence-electron chi connectivity index (χ2n) is 6.85. The second-order valence-corrected chi connectivity index (χ2v) is 6.85. The molecule has 1 amide bonds. The number of aryl methyl sites for hydroxylation is 2. The van der Waals surface area contributed by atoms with E-state index >= 15 is 0 Å². The van der Waals surface area contributed by atoms with Crippen molar-refractivity contribution >= 4 is 11.7 Å². The van der Waals surface area contributed by atoms with E-state index in [-0.39, 0.29) is 11.7 Å². The van der Waals surface area contributed by atoms with Crippen LogP contribution in [0.5, 0.6) is 5.75 Å². The van der Waals surface area contributed by atoms with Crippen LogP contribution < -0.4 is 10.1 Å². The number of nitrogens with one attached hydrogen (secondary N) is 1. The Bertz CT molecular complexity index is 725. The number of hydrogen-bond donors (Lipinski definition) is 1. The van der Waals surface area contributed by atoms with Gasteiger partial charge in [-0.25, -0.2) is 4.39 Å². The Morgan fingerprint density at radius 3 is 2.85 bits per heavy atom. The van der Waals surface area contributed by atoms with Gasteiger partial charge < -0.3 is 10.1 Å². The van der Waals surface area contributed by atoms with E-state index in [0.717, 1.165) is 31.6 Å². The van der Waals surface area contributed by atoms with Crippen LogP contribution in [0.4, 0.5) is 10.2 Å². The molecule has 7 heteroatoms. The maximum absolute atomic E-state index is 12.9. The number of piperidine rings is 1. The van der Waals surface area contributed by atoms with Crippen LogP contribution in [-0.2, 0) is 11.8 Å². The van der Waals surface area contributed by atoms with Crippen molar-refractivity contribution in [1.29, 1.82) is 0 Å². The van der Waals surface area contributed by atoms with Crippen molar-refractivity contribution in [2.75, 3.05) is 31.6 Å². The van der Waals surface area contributed by atoms with Crippen molar-refractivity contribution in [3.05, 3.63) is 41.8 Å². The third-order valence-electron chi connectivity index (χ3n) is 4.65. The third-order valence-corrected chi connectivity index (χ3v) is 4.65. The molecule has 0 unspecified atom stereocenters. The summed E-state index contributed by atoms with van der Waals surface area (Å²) in [5.74, 6) is 1.30. The summed E-state index contributed by atoms with van der Waals surface area (Å²) in [6.07, 6.45) is 2.10. The van der Waals surface area contributed by atoms with Crippen molar-refractivity contribution < 1.29 is 13.9 Å². The van der Waals surface area contributed by atoms with E-state index in [1.54, 1.807) is 16.8 Å². The van der Waals surface area contributed by atoms with Crippen LogP contribution >= 0.6 is 0 Å². The molecule has 26 heavy (non-hydrogen) atoms. The molecule has 6 nitrogen and oxygen atoms in total. The second kappa shape index (κ2) is 8.31. The molecule has 1 aliphatic heterocycles. The number of aromatic nitrogens is 2. The Hall–Kier alpha value is -2.41. The highest BCUT2D eigenvalue weighted by atomic mass is 19.1. The summed E-state index contributed by atoms with van der Waals surface area (Å²) >= 11 is 0. The molecule has 1 aromatic heterocycles. The largest absolute Gasteiger partial charge is 0.493 e. The standard InChI is InChI=1S/C19H25FN4O2/c1-14-10-18(22-23(14)2)21-19(25)12-24-9-3-4-15(11-24)13-26-17-7-5-16(20)6-8-17/h5-8,10,15H,3-4,9,11-13H2,1-2H3,(H,21,22,25)/t15-/m0/s1. The lowest BCUT2D eigenvalue weighted by molar-refractivity contribution is -0.117. The summed E-state index contributed by atoms with van der Waals surface area (Å²) < 4.78 is 20.4. The van der Waals surface area contributed by atoms with Gasteiger partial charge >= 0.3 is 0 Å². The molecular weight excluding hydrogens is 335 g/mol. The van der Waals surface area contributed by atoms with Gasteiger partial charge in [0.1, 0.15) is 11.6 Å². The quantitative estimate of drug-likeness (QED) is 0.860. The van der Waals surface area contributed by atoms with Crippen LogP contribution in [0.2, 0.25) is 0 Å². The number of hydrogen-bond acceptors (Lipinski definition) is 4. The SMILES string of the molecule is Cc1cc(NC(=O)CN2CCC[C@H](COc3ccc(F)cc3)C2)nn1C. The molecule has 0 radical (unpaired) electrons. The first-order chi connectivity index (χ1) is 12.5. The van der Waals surface area contributed by atoms with Gasteiger partial charge in [0.2, 0.25) is 5.91 Å². The number of rotatable bonds is 6. The molecular formula is C19H25FN4O2. The minimum atomic E-state index is -0.268. The number of carbonyl (C=O) groups is 1. The van der Waals surface area contributed by atoms with E-state index in [1.165, 1.54) is 12.1 Å². The smallest absolute Gasteiger partial charge is 0.239 e. The molecule has 1 aliphatic rings. The lowest BCUT2D eigenvalue weighted by Gasteiger charge is -2.32. The number of halogens is 1. The Kier molecular flexibility index (Phi) is 5.88.